The third kappa shape index (κ3) is 3.24. The van der Waals surface area contributed by atoms with Gasteiger partial charge in [-0.3, -0.25) is 0 Å². The third-order valence-corrected chi connectivity index (χ3v) is 4.77. The Kier molecular flexibility index (Phi) is 4.17. The minimum absolute atomic E-state index is 0.557. The van der Waals surface area contributed by atoms with Crippen LogP contribution >= 0.6 is 27.5 Å². The molecule has 1 saturated carbocycles. The van der Waals surface area contributed by atoms with Crippen LogP contribution in [0.5, 0.6) is 0 Å². The van der Waals surface area contributed by atoms with Crippen LogP contribution in [-0.4, -0.2) is 6.54 Å². The molecule has 0 unspecified atom stereocenters. The minimum atomic E-state index is 0.557. The summed E-state index contributed by atoms with van der Waals surface area (Å²) < 4.78 is 1.03. The molecule has 0 aliphatic heterocycles. The van der Waals surface area contributed by atoms with Crippen molar-refractivity contribution in [1.29, 1.82) is 0 Å². The standard InChI is InChI=1S/C14H19BrClN/c1-10(2)14(5-6-14)9-17-8-11-3-4-12(15)7-13(11)16/h3-4,7,10,17H,5-6,8-9H2,1-2H3. The van der Waals surface area contributed by atoms with Gasteiger partial charge in [0.1, 0.15) is 0 Å². The van der Waals surface area contributed by atoms with Crippen molar-refractivity contribution in [3.05, 3.63) is 33.3 Å². The van der Waals surface area contributed by atoms with Crippen LogP contribution in [0.1, 0.15) is 32.3 Å². The molecule has 3 heteroatoms. The lowest BCUT2D eigenvalue weighted by Gasteiger charge is -2.20. The average Bonchev–Trinajstić information content (AvgIpc) is 3.02. The lowest BCUT2D eigenvalue weighted by molar-refractivity contribution is 0.338. The number of nitrogens with one attached hydrogen (secondary N) is 1. The number of rotatable bonds is 5. The summed E-state index contributed by atoms with van der Waals surface area (Å²) in [5, 5.41) is 4.38. The van der Waals surface area contributed by atoms with Crippen molar-refractivity contribution in [1.82, 2.24) is 5.32 Å². The van der Waals surface area contributed by atoms with E-state index in [1.807, 2.05) is 12.1 Å². The molecule has 1 aliphatic carbocycles. The summed E-state index contributed by atoms with van der Waals surface area (Å²) in [5.41, 5.74) is 1.73. The molecule has 1 nitrogen and oxygen atoms in total. The number of hydrogen-bond donors (Lipinski definition) is 1. The Bertz CT molecular complexity index is 399. The molecule has 1 aliphatic rings. The second-order valence-electron chi connectivity index (χ2n) is 5.36. The van der Waals surface area contributed by atoms with Crippen LogP contribution in [0.4, 0.5) is 0 Å². The molecule has 0 spiro atoms. The number of hydrogen-bond acceptors (Lipinski definition) is 1. The fourth-order valence-corrected chi connectivity index (χ4v) is 2.97. The number of benzene rings is 1. The smallest absolute Gasteiger partial charge is 0.0462 e. The normalized spacial score (nSPS) is 17.5. The molecule has 2 rings (SSSR count). The molecule has 0 bridgehead atoms. The molecule has 0 atom stereocenters. The van der Waals surface area contributed by atoms with Gasteiger partial charge in [0.25, 0.3) is 0 Å². The highest BCUT2D eigenvalue weighted by Crippen LogP contribution is 2.51. The number of halogens is 2. The van der Waals surface area contributed by atoms with Crippen molar-refractivity contribution in [2.24, 2.45) is 11.3 Å². The summed E-state index contributed by atoms with van der Waals surface area (Å²) in [6.45, 7) is 6.61. The van der Waals surface area contributed by atoms with E-state index in [4.69, 9.17) is 11.6 Å². The first-order chi connectivity index (χ1) is 8.03. The molecule has 0 amide bonds. The molecular formula is C14H19BrClN. The van der Waals surface area contributed by atoms with Crippen molar-refractivity contribution < 1.29 is 0 Å². The van der Waals surface area contributed by atoms with E-state index in [0.717, 1.165) is 28.5 Å². The molecule has 1 aromatic carbocycles. The van der Waals surface area contributed by atoms with E-state index < -0.39 is 0 Å². The fourth-order valence-electron chi connectivity index (χ4n) is 2.23. The Balaban J connectivity index is 1.86. The summed E-state index contributed by atoms with van der Waals surface area (Å²) in [7, 11) is 0. The quantitative estimate of drug-likeness (QED) is 0.835. The highest BCUT2D eigenvalue weighted by atomic mass is 79.9. The zero-order valence-electron chi connectivity index (χ0n) is 10.4. The molecule has 94 valence electrons. The topological polar surface area (TPSA) is 12.0 Å². The fraction of sp³-hybridized carbons (Fsp3) is 0.571. The Hall–Kier alpha value is -0.0500. The SMILES string of the molecule is CC(C)C1(CNCc2ccc(Br)cc2Cl)CC1. The molecule has 0 heterocycles. The molecule has 1 aromatic rings. The summed E-state index contributed by atoms with van der Waals surface area (Å²) in [4.78, 5) is 0. The zero-order valence-corrected chi connectivity index (χ0v) is 12.7. The van der Waals surface area contributed by atoms with Gasteiger partial charge in [-0.15, -0.1) is 0 Å². The molecule has 0 saturated heterocycles. The second-order valence-corrected chi connectivity index (χ2v) is 6.68. The van der Waals surface area contributed by atoms with Crippen molar-refractivity contribution in [3.8, 4) is 0 Å². The van der Waals surface area contributed by atoms with Gasteiger partial charge >= 0.3 is 0 Å². The zero-order chi connectivity index (χ0) is 12.5. The van der Waals surface area contributed by atoms with E-state index in [1.54, 1.807) is 0 Å². The van der Waals surface area contributed by atoms with Gasteiger partial charge in [0.05, 0.1) is 0 Å². The van der Waals surface area contributed by atoms with Crippen molar-refractivity contribution in [3.63, 3.8) is 0 Å². The highest BCUT2D eigenvalue weighted by Gasteiger charge is 2.44. The summed E-state index contributed by atoms with van der Waals surface area (Å²) in [5.74, 6) is 0.774. The van der Waals surface area contributed by atoms with Gasteiger partial charge in [-0.1, -0.05) is 47.4 Å². The first kappa shape index (κ1) is 13.4. The van der Waals surface area contributed by atoms with Gasteiger partial charge in [0.15, 0.2) is 0 Å². The average molecular weight is 317 g/mol. The maximum absolute atomic E-state index is 6.19. The Morgan fingerprint density at radius 3 is 2.65 bits per heavy atom. The van der Waals surface area contributed by atoms with Gasteiger partial charge in [0.2, 0.25) is 0 Å². The summed E-state index contributed by atoms with van der Waals surface area (Å²) in [6.07, 6.45) is 2.73. The Morgan fingerprint density at radius 1 is 1.41 bits per heavy atom. The van der Waals surface area contributed by atoms with Crippen LogP contribution in [0, 0.1) is 11.3 Å². The van der Waals surface area contributed by atoms with Crippen LogP contribution in [0.2, 0.25) is 5.02 Å². The maximum Gasteiger partial charge on any atom is 0.0462 e. The van der Waals surface area contributed by atoms with E-state index >= 15 is 0 Å². The Labute approximate surface area is 117 Å². The Morgan fingerprint density at radius 2 is 2.12 bits per heavy atom. The monoisotopic (exact) mass is 315 g/mol. The summed E-state index contributed by atoms with van der Waals surface area (Å²) >= 11 is 9.61. The molecule has 0 radical (unpaired) electrons. The largest absolute Gasteiger partial charge is 0.312 e. The van der Waals surface area contributed by atoms with Crippen LogP contribution < -0.4 is 5.32 Å². The highest BCUT2D eigenvalue weighted by molar-refractivity contribution is 9.10. The molecular weight excluding hydrogens is 298 g/mol. The molecule has 1 N–H and O–H groups in total. The lowest BCUT2D eigenvalue weighted by atomic mass is 9.92. The first-order valence-electron chi connectivity index (χ1n) is 6.18. The van der Waals surface area contributed by atoms with E-state index in [0.29, 0.717) is 5.41 Å². The second kappa shape index (κ2) is 5.29. The van der Waals surface area contributed by atoms with E-state index in [-0.39, 0.29) is 0 Å². The van der Waals surface area contributed by atoms with Crippen molar-refractivity contribution >= 4 is 27.5 Å². The molecule has 0 aromatic heterocycles. The molecule has 1 fully saturated rings. The van der Waals surface area contributed by atoms with Crippen LogP contribution in [-0.2, 0) is 6.54 Å². The van der Waals surface area contributed by atoms with Gasteiger partial charge in [-0.05, 0) is 41.9 Å². The minimum Gasteiger partial charge on any atom is -0.312 e. The van der Waals surface area contributed by atoms with Crippen LogP contribution in [0.15, 0.2) is 22.7 Å². The van der Waals surface area contributed by atoms with Gasteiger partial charge in [0, 0.05) is 22.6 Å². The summed E-state index contributed by atoms with van der Waals surface area (Å²) in [6, 6.07) is 6.07. The predicted molar refractivity (Wildman–Crippen MR) is 77.4 cm³/mol. The lowest BCUT2D eigenvalue weighted by Crippen LogP contribution is -2.27. The van der Waals surface area contributed by atoms with Gasteiger partial charge < -0.3 is 5.32 Å². The molecule has 17 heavy (non-hydrogen) atoms. The predicted octanol–water partition coefficient (Wildman–Crippen LogP) is 4.63. The van der Waals surface area contributed by atoms with E-state index in [1.165, 1.54) is 18.4 Å². The van der Waals surface area contributed by atoms with Crippen LogP contribution in [0.3, 0.4) is 0 Å². The van der Waals surface area contributed by atoms with E-state index in [9.17, 15) is 0 Å². The van der Waals surface area contributed by atoms with Crippen molar-refractivity contribution in [2.45, 2.75) is 33.2 Å². The van der Waals surface area contributed by atoms with Gasteiger partial charge in [-0.2, -0.15) is 0 Å². The maximum atomic E-state index is 6.19. The van der Waals surface area contributed by atoms with Gasteiger partial charge in [-0.25, -0.2) is 0 Å². The van der Waals surface area contributed by atoms with E-state index in [2.05, 4.69) is 41.2 Å². The van der Waals surface area contributed by atoms with Crippen molar-refractivity contribution in [2.75, 3.05) is 6.54 Å². The third-order valence-electron chi connectivity index (χ3n) is 3.92. The first-order valence-corrected chi connectivity index (χ1v) is 7.35. The van der Waals surface area contributed by atoms with Crippen LogP contribution in [0.25, 0.3) is 0 Å².